The van der Waals surface area contributed by atoms with Crippen LogP contribution in [0.15, 0.2) is 29.3 Å². The minimum Gasteiger partial charge on any atom is -0.481 e. The van der Waals surface area contributed by atoms with E-state index < -0.39 is 18.0 Å². The number of carbonyl (C=O) groups is 2. The van der Waals surface area contributed by atoms with E-state index in [1.165, 1.54) is 12.1 Å². The fourth-order valence-corrected chi connectivity index (χ4v) is 1.68. The Kier molecular flexibility index (Phi) is 6.84. The van der Waals surface area contributed by atoms with Gasteiger partial charge in [-0.3, -0.25) is 9.79 Å². The smallest absolute Gasteiger partial charge is 0.328 e. The molecule has 0 aliphatic rings. The van der Waals surface area contributed by atoms with E-state index in [4.69, 9.17) is 27.0 Å². The summed E-state index contributed by atoms with van der Waals surface area (Å²) in [5.41, 5.74) is 16.7. The molecule has 0 aromatic heterocycles. The molecular weight excluding hydrogens is 288 g/mol. The number of nitrogens with two attached hydrogens (primary N) is 3. The quantitative estimate of drug-likeness (QED) is 0.167. The first-order valence-corrected chi connectivity index (χ1v) is 6.72. The lowest BCUT2D eigenvalue weighted by atomic mass is 10.1. The number of rotatable bonds is 8. The number of aliphatic carboxylic acids is 1. The maximum absolute atomic E-state index is 11.8. The molecule has 0 bridgehead atoms. The summed E-state index contributed by atoms with van der Waals surface area (Å²) in [6.45, 7) is 0.396. The van der Waals surface area contributed by atoms with Crippen LogP contribution < -0.4 is 21.9 Å². The molecule has 1 atom stereocenters. The zero-order chi connectivity index (χ0) is 16.5. The lowest BCUT2D eigenvalue weighted by molar-refractivity contribution is -0.137. The Balaban J connectivity index is 2.43. The second-order valence-electron chi connectivity index (χ2n) is 4.69. The van der Waals surface area contributed by atoms with Crippen molar-refractivity contribution in [2.24, 2.45) is 22.2 Å². The van der Waals surface area contributed by atoms with Gasteiger partial charge in [-0.2, -0.15) is 0 Å². The van der Waals surface area contributed by atoms with Crippen LogP contribution in [-0.2, 0) is 16.0 Å². The van der Waals surface area contributed by atoms with Crippen LogP contribution in [0.1, 0.15) is 18.4 Å². The highest BCUT2D eigenvalue weighted by Gasteiger charge is 2.15. The summed E-state index contributed by atoms with van der Waals surface area (Å²) in [6.07, 6.45) is 0.872. The molecule has 1 aromatic rings. The first kappa shape index (κ1) is 17.4. The first-order chi connectivity index (χ1) is 10.4. The molecule has 0 spiro atoms. The second-order valence-corrected chi connectivity index (χ2v) is 4.69. The zero-order valence-corrected chi connectivity index (χ0v) is 12.1. The molecule has 0 unspecified atom stereocenters. The molecule has 7 N–H and O–H groups in total. The Morgan fingerprint density at radius 2 is 1.86 bits per heavy atom. The average Bonchev–Trinajstić information content (AvgIpc) is 2.44. The number of carboxylic acid groups (broad SMARTS) is 1. The van der Waals surface area contributed by atoms with E-state index in [0.29, 0.717) is 30.7 Å². The third kappa shape index (κ3) is 6.71. The number of benzene rings is 1. The fourth-order valence-electron chi connectivity index (χ4n) is 1.68. The monoisotopic (exact) mass is 308 g/mol. The summed E-state index contributed by atoms with van der Waals surface area (Å²) in [6, 6.07) is 5.46. The molecular formula is C14H20N4O4. The number of aliphatic imine (C=N–C) groups is 1. The molecule has 120 valence electrons. The molecule has 0 aliphatic carbocycles. The molecule has 1 rings (SSSR count). The average molecular weight is 308 g/mol. The van der Waals surface area contributed by atoms with Crippen LogP contribution in [-0.4, -0.2) is 35.6 Å². The third-order valence-corrected chi connectivity index (χ3v) is 2.77. The Morgan fingerprint density at radius 1 is 1.23 bits per heavy atom. The summed E-state index contributed by atoms with van der Waals surface area (Å²) >= 11 is 0. The Bertz CT molecular complexity index is 538. The van der Waals surface area contributed by atoms with E-state index in [2.05, 4.69) is 4.99 Å². The minimum absolute atomic E-state index is 0.00222. The fraction of sp³-hybridized carbons (Fsp3) is 0.357. The zero-order valence-electron chi connectivity index (χ0n) is 12.1. The highest BCUT2D eigenvalue weighted by molar-refractivity contribution is 5.78. The van der Waals surface area contributed by atoms with E-state index >= 15 is 0 Å². The summed E-state index contributed by atoms with van der Waals surface area (Å²) in [5, 5.41) is 8.66. The van der Waals surface area contributed by atoms with Crippen molar-refractivity contribution in [2.75, 3.05) is 6.54 Å². The van der Waals surface area contributed by atoms with E-state index in [-0.39, 0.29) is 12.4 Å². The summed E-state index contributed by atoms with van der Waals surface area (Å²) in [5.74, 6) is -1.17. The van der Waals surface area contributed by atoms with Crippen molar-refractivity contribution in [1.82, 2.24) is 0 Å². The number of hydrogen-bond acceptors (Lipinski definition) is 5. The summed E-state index contributed by atoms with van der Waals surface area (Å²) < 4.78 is 5.12. The molecule has 0 saturated carbocycles. The van der Waals surface area contributed by atoms with Crippen molar-refractivity contribution in [3.05, 3.63) is 29.8 Å². The number of nitrogens with zero attached hydrogens (tertiary/aromatic N) is 1. The molecule has 0 aliphatic heterocycles. The molecule has 0 amide bonds. The first-order valence-electron chi connectivity index (χ1n) is 6.72. The van der Waals surface area contributed by atoms with Gasteiger partial charge >= 0.3 is 11.9 Å². The maximum Gasteiger partial charge on any atom is 0.328 e. The minimum atomic E-state index is -0.924. The summed E-state index contributed by atoms with van der Waals surface area (Å²) in [4.78, 5) is 26.1. The van der Waals surface area contributed by atoms with Crippen LogP contribution in [0.5, 0.6) is 5.75 Å². The van der Waals surface area contributed by atoms with Gasteiger partial charge in [-0.15, -0.1) is 0 Å². The van der Waals surface area contributed by atoms with Crippen LogP contribution in [0, 0.1) is 0 Å². The van der Waals surface area contributed by atoms with Crippen LogP contribution in [0.3, 0.4) is 0 Å². The van der Waals surface area contributed by atoms with E-state index in [1.54, 1.807) is 12.1 Å². The van der Waals surface area contributed by atoms with Gasteiger partial charge in [0.25, 0.3) is 0 Å². The lowest BCUT2D eigenvalue weighted by Crippen LogP contribution is -2.34. The molecule has 0 fully saturated rings. The van der Waals surface area contributed by atoms with Gasteiger partial charge in [0.15, 0.2) is 5.96 Å². The van der Waals surface area contributed by atoms with Crippen molar-refractivity contribution in [1.29, 1.82) is 0 Å². The highest BCUT2D eigenvalue weighted by Crippen LogP contribution is 2.13. The third-order valence-electron chi connectivity index (χ3n) is 2.77. The van der Waals surface area contributed by atoms with E-state index in [1.807, 2.05) is 0 Å². The van der Waals surface area contributed by atoms with Crippen molar-refractivity contribution in [2.45, 2.75) is 25.3 Å². The molecule has 0 saturated heterocycles. The number of ether oxygens (including phenoxy) is 1. The van der Waals surface area contributed by atoms with Gasteiger partial charge in [-0.25, -0.2) is 4.79 Å². The van der Waals surface area contributed by atoms with Gasteiger partial charge in [0.2, 0.25) is 0 Å². The van der Waals surface area contributed by atoms with Gasteiger partial charge in [-0.05, 0) is 30.5 Å². The Morgan fingerprint density at radius 3 is 2.41 bits per heavy atom. The van der Waals surface area contributed by atoms with Crippen molar-refractivity contribution >= 4 is 17.9 Å². The summed E-state index contributed by atoms with van der Waals surface area (Å²) in [7, 11) is 0. The van der Waals surface area contributed by atoms with E-state index in [9.17, 15) is 9.59 Å². The largest absolute Gasteiger partial charge is 0.481 e. The van der Waals surface area contributed by atoms with Crippen LogP contribution >= 0.6 is 0 Å². The Hall–Kier alpha value is -2.61. The van der Waals surface area contributed by atoms with Crippen LogP contribution in [0.25, 0.3) is 0 Å². The predicted molar refractivity (Wildman–Crippen MR) is 81.3 cm³/mol. The molecule has 8 heteroatoms. The van der Waals surface area contributed by atoms with Gasteiger partial charge in [0, 0.05) is 6.54 Å². The second kappa shape index (κ2) is 8.63. The topological polar surface area (TPSA) is 154 Å². The van der Waals surface area contributed by atoms with Crippen molar-refractivity contribution in [3.8, 4) is 5.75 Å². The normalized spacial score (nSPS) is 11.5. The predicted octanol–water partition coefficient (Wildman–Crippen LogP) is -0.400. The molecule has 22 heavy (non-hydrogen) atoms. The number of carboxylic acids is 1. The van der Waals surface area contributed by atoms with Gasteiger partial charge in [-0.1, -0.05) is 12.1 Å². The van der Waals surface area contributed by atoms with Gasteiger partial charge < -0.3 is 27.0 Å². The van der Waals surface area contributed by atoms with Gasteiger partial charge in [0.1, 0.15) is 11.8 Å². The Labute approximate surface area is 127 Å². The number of carbonyl (C=O) groups excluding carboxylic acids is 1. The SMILES string of the molecule is NC(N)=NCCC[C@@H](N)C(=O)Oc1ccc(CC(=O)O)cc1. The van der Waals surface area contributed by atoms with Gasteiger partial charge in [0.05, 0.1) is 6.42 Å². The molecule has 0 radical (unpaired) electrons. The van der Waals surface area contributed by atoms with Crippen molar-refractivity contribution in [3.63, 3.8) is 0 Å². The van der Waals surface area contributed by atoms with Crippen LogP contribution in [0.2, 0.25) is 0 Å². The number of hydrogen-bond donors (Lipinski definition) is 4. The molecule has 0 heterocycles. The van der Waals surface area contributed by atoms with Crippen molar-refractivity contribution < 1.29 is 19.4 Å². The highest BCUT2D eigenvalue weighted by atomic mass is 16.5. The van der Waals surface area contributed by atoms with Crippen LogP contribution in [0.4, 0.5) is 0 Å². The number of guanidine groups is 1. The lowest BCUT2D eigenvalue weighted by Gasteiger charge is -2.11. The molecule has 1 aromatic carbocycles. The standard InChI is InChI=1S/C14H20N4O4/c15-11(2-1-7-18-14(16)17)13(21)22-10-5-3-9(4-6-10)8-12(19)20/h3-6,11H,1-2,7-8,15H2,(H,19,20)(H4,16,17,18)/t11-/m1/s1. The number of esters is 1. The van der Waals surface area contributed by atoms with E-state index in [0.717, 1.165) is 0 Å². The molecule has 8 nitrogen and oxygen atoms in total. The maximum atomic E-state index is 11.8.